The minimum Gasteiger partial charge on any atom is -0.492 e. The first-order valence-corrected chi connectivity index (χ1v) is 15.4. The summed E-state index contributed by atoms with van der Waals surface area (Å²) >= 11 is 0. The molecule has 0 spiro atoms. The van der Waals surface area contributed by atoms with Gasteiger partial charge in [0.05, 0.1) is 6.33 Å². The lowest BCUT2D eigenvalue weighted by molar-refractivity contribution is -0.0804. The standard InChI is InChI=1S/C17H27N4O14P3/c1-3-4-5-9(2)6-10(33-37(28,29)35-38(30,31)34-36(25,26)27)14-12(22)13(23)17(32-14)21-8-20-11-15(21)18-7-19-16(11)24/h5,7-8,10,12-14,17,22-23H,3-4,6H2,1-2H3,(H,28,29)(H,30,31)(H,18,19,24)(H2,25,26,27)/t10?,12-,13+,14+,17+/m0/s1. The van der Waals surface area contributed by atoms with Gasteiger partial charge in [-0.2, -0.15) is 13.6 Å². The molecular weight excluding hydrogens is 577 g/mol. The molecule has 0 aromatic carbocycles. The highest BCUT2D eigenvalue weighted by molar-refractivity contribution is 7.66. The summed E-state index contributed by atoms with van der Waals surface area (Å²) in [6.07, 6.45) is -2.92. The Morgan fingerprint density at radius 1 is 1.11 bits per heavy atom. The van der Waals surface area contributed by atoms with Gasteiger partial charge in [-0.1, -0.05) is 25.0 Å². The fourth-order valence-corrected chi connectivity index (χ4v) is 6.92. The predicted molar refractivity (Wildman–Crippen MR) is 125 cm³/mol. The van der Waals surface area contributed by atoms with Crippen LogP contribution in [0.4, 0.5) is 0 Å². The van der Waals surface area contributed by atoms with Crippen molar-refractivity contribution in [3.05, 3.63) is 24.3 Å². The van der Waals surface area contributed by atoms with Crippen LogP contribution in [0.1, 0.15) is 39.3 Å². The molecule has 0 saturated carbocycles. The van der Waals surface area contributed by atoms with Crippen molar-refractivity contribution in [1.29, 1.82) is 0 Å². The zero-order chi connectivity index (χ0) is 28.5. The third-order valence-corrected chi connectivity index (χ3v) is 9.11. The number of ether oxygens (including phenoxy) is 1. The number of phosphoric ester groups is 1. The van der Waals surface area contributed by atoms with E-state index in [1.165, 1.54) is 4.57 Å². The number of aromatic hydroxyl groups is 1. The van der Waals surface area contributed by atoms with Gasteiger partial charge in [-0.05, 0) is 19.8 Å². The lowest BCUT2D eigenvalue weighted by Crippen LogP contribution is -2.40. The van der Waals surface area contributed by atoms with Crippen LogP contribution in [0.25, 0.3) is 11.2 Å². The van der Waals surface area contributed by atoms with Crippen molar-refractivity contribution in [3.63, 3.8) is 0 Å². The molecule has 1 saturated heterocycles. The van der Waals surface area contributed by atoms with E-state index in [0.717, 1.165) is 19.1 Å². The average molecular weight is 604 g/mol. The summed E-state index contributed by atoms with van der Waals surface area (Å²) in [4.78, 5) is 48.5. The van der Waals surface area contributed by atoms with E-state index < -0.39 is 60.0 Å². The van der Waals surface area contributed by atoms with Gasteiger partial charge in [-0.25, -0.2) is 23.7 Å². The summed E-state index contributed by atoms with van der Waals surface area (Å²) < 4.78 is 54.7. The van der Waals surface area contributed by atoms with Gasteiger partial charge >= 0.3 is 23.5 Å². The number of aromatic nitrogens is 4. The molecule has 0 radical (unpaired) electrons. The second-order valence-electron chi connectivity index (χ2n) is 8.27. The lowest BCUT2D eigenvalue weighted by atomic mass is 9.99. The van der Waals surface area contributed by atoms with Crippen LogP contribution in [0.2, 0.25) is 0 Å². The number of rotatable bonds is 12. The number of imidazole rings is 1. The number of aliphatic hydroxyl groups excluding tert-OH is 2. The Bertz CT molecular complexity index is 1310. The van der Waals surface area contributed by atoms with Crippen LogP contribution < -0.4 is 0 Å². The van der Waals surface area contributed by atoms with Gasteiger partial charge in [-0.15, -0.1) is 0 Å². The predicted octanol–water partition coefficient (Wildman–Crippen LogP) is 0.999. The smallest absolute Gasteiger partial charge is 0.490 e. The van der Waals surface area contributed by atoms with Crippen molar-refractivity contribution in [2.45, 2.75) is 63.8 Å². The Balaban J connectivity index is 1.91. The first kappa shape index (κ1) is 30.9. The molecule has 3 heterocycles. The summed E-state index contributed by atoms with van der Waals surface area (Å²) in [6.45, 7) is 3.52. The Morgan fingerprint density at radius 2 is 1.79 bits per heavy atom. The number of aliphatic hydroxyl groups is 2. The fourth-order valence-electron chi connectivity index (χ4n) is 3.72. The average Bonchev–Trinajstić information content (AvgIpc) is 3.31. The molecule has 21 heteroatoms. The van der Waals surface area contributed by atoms with E-state index in [-0.39, 0.29) is 17.6 Å². The Morgan fingerprint density at radius 3 is 2.42 bits per heavy atom. The molecule has 1 aliphatic heterocycles. The lowest BCUT2D eigenvalue weighted by Gasteiger charge is -2.28. The molecule has 38 heavy (non-hydrogen) atoms. The van der Waals surface area contributed by atoms with Crippen molar-refractivity contribution in [2.75, 3.05) is 0 Å². The van der Waals surface area contributed by atoms with Gasteiger partial charge in [-0.3, -0.25) is 9.09 Å². The molecule has 7 atom stereocenters. The van der Waals surface area contributed by atoms with Crippen LogP contribution in [-0.2, 0) is 31.6 Å². The number of phosphoric acid groups is 3. The minimum atomic E-state index is -5.81. The monoisotopic (exact) mass is 604 g/mol. The number of nitrogens with zero attached hydrogens (tertiary/aromatic N) is 4. The number of hydrogen-bond donors (Lipinski definition) is 7. The Kier molecular flexibility index (Phi) is 9.65. The van der Waals surface area contributed by atoms with Crippen LogP contribution >= 0.6 is 23.5 Å². The van der Waals surface area contributed by atoms with Gasteiger partial charge in [0, 0.05) is 0 Å². The number of hydrogen-bond acceptors (Lipinski definition) is 13. The van der Waals surface area contributed by atoms with E-state index in [2.05, 4.69) is 23.6 Å². The van der Waals surface area contributed by atoms with Gasteiger partial charge in [0.15, 0.2) is 17.4 Å². The molecule has 3 unspecified atom stereocenters. The fraction of sp³-hybridized carbons (Fsp3) is 0.588. The number of unbranched alkanes of at least 4 members (excludes halogenated alkanes) is 1. The Hall–Kier alpha value is -1.62. The molecule has 7 N–H and O–H groups in total. The molecular formula is C17H27N4O14P3. The van der Waals surface area contributed by atoms with E-state index in [4.69, 9.17) is 19.0 Å². The molecule has 18 nitrogen and oxygen atoms in total. The van der Waals surface area contributed by atoms with Gasteiger partial charge in [0.2, 0.25) is 5.88 Å². The largest absolute Gasteiger partial charge is 0.492 e. The van der Waals surface area contributed by atoms with Gasteiger partial charge < -0.3 is 39.6 Å². The van der Waals surface area contributed by atoms with Crippen LogP contribution in [0, 0.1) is 0 Å². The van der Waals surface area contributed by atoms with Crippen LogP contribution in [-0.4, -0.2) is 78.8 Å². The second kappa shape index (κ2) is 11.9. The first-order chi connectivity index (χ1) is 17.5. The molecule has 2 aromatic heterocycles. The summed E-state index contributed by atoms with van der Waals surface area (Å²) in [6, 6.07) is 0. The molecule has 0 amide bonds. The van der Waals surface area contributed by atoms with Crippen molar-refractivity contribution in [2.24, 2.45) is 0 Å². The van der Waals surface area contributed by atoms with Crippen LogP contribution in [0.15, 0.2) is 24.3 Å². The van der Waals surface area contributed by atoms with Crippen molar-refractivity contribution in [3.8, 4) is 5.88 Å². The normalized spacial score (nSPS) is 26.8. The van der Waals surface area contributed by atoms with Crippen molar-refractivity contribution < 1.29 is 66.5 Å². The van der Waals surface area contributed by atoms with Gasteiger partial charge in [0.25, 0.3) is 0 Å². The molecule has 2 aromatic rings. The van der Waals surface area contributed by atoms with Gasteiger partial charge in [0.1, 0.15) is 30.7 Å². The van der Waals surface area contributed by atoms with E-state index in [1.54, 1.807) is 13.0 Å². The highest BCUT2D eigenvalue weighted by Crippen LogP contribution is 2.67. The highest BCUT2D eigenvalue weighted by atomic mass is 31.3. The topological polar surface area (TPSA) is 273 Å². The molecule has 1 aliphatic rings. The summed E-state index contributed by atoms with van der Waals surface area (Å²) in [7, 11) is -17.0. The molecule has 3 rings (SSSR count). The Labute approximate surface area is 215 Å². The van der Waals surface area contributed by atoms with Crippen LogP contribution in [0.5, 0.6) is 5.88 Å². The molecule has 1 fully saturated rings. The summed E-state index contributed by atoms with van der Waals surface area (Å²) in [5.74, 6) is -0.458. The van der Waals surface area contributed by atoms with E-state index >= 15 is 0 Å². The highest BCUT2D eigenvalue weighted by Gasteiger charge is 2.51. The summed E-state index contributed by atoms with van der Waals surface area (Å²) in [5, 5.41) is 31.3. The zero-order valence-electron chi connectivity index (χ0n) is 19.9. The number of allylic oxidation sites excluding steroid dienone is 1. The second-order valence-corrected chi connectivity index (χ2v) is 12.6. The third kappa shape index (κ3) is 7.73. The SMILES string of the molecule is CCCC=C(C)CC(OP(=O)(O)OP(=O)(O)OP(=O)(O)O)[C@H]1O[C@@H](n2cnc3c(O)ncnc32)[C@H](O)[C@@H]1O. The maximum atomic E-state index is 12.6. The van der Waals surface area contributed by atoms with Crippen molar-refractivity contribution in [1.82, 2.24) is 19.5 Å². The molecule has 214 valence electrons. The first-order valence-electron chi connectivity index (χ1n) is 10.9. The maximum absolute atomic E-state index is 12.6. The quantitative estimate of drug-likeness (QED) is 0.131. The third-order valence-electron chi connectivity index (χ3n) is 5.24. The molecule has 0 bridgehead atoms. The number of fused-ring (bicyclic) bond motifs is 1. The minimum absolute atomic E-state index is 0.0258. The maximum Gasteiger partial charge on any atom is 0.490 e. The van der Waals surface area contributed by atoms with E-state index in [1.807, 2.05) is 6.92 Å². The molecule has 0 aliphatic carbocycles. The van der Waals surface area contributed by atoms with Crippen LogP contribution in [0.3, 0.4) is 0 Å². The van der Waals surface area contributed by atoms with E-state index in [0.29, 0.717) is 12.0 Å². The zero-order valence-corrected chi connectivity index (χ0v) is 22.5. The summed E-state index contributed by atoms with van der Waals surface area (Å²) in [5.41, 5.74) is 0.567. The van der Waals surface area contributed by atoms with E-state index in [9.17, 15) is 38.8 Å². The van der Waals surface area contributed by atoms with Crippen molar-refractivity contribution >= 4 is 34.6 Å².